The Kier molecular flexibility index (Phi) is 7.44. The molecule has 11 nitrogen and oxygen atoms in total. The van der Waals surface area contributed by atoms with Crippen LogP contribution in [0.2, 0.25) is 0 Å². The number of aromatic nitrogens is 5. The maximum Gasteiger partial charge on any atom is 0.256 e. The molecule has 0 aromatic carbocycles. The normalized spacial score (nSPS) is 24.8. The first-order valence-electron chi connectivity index (χ1n) is 13.8. The van der Waals surface area contributed by atoms with Crippen LogP contribution < -0.4 is 10.6 Å². The van der Waals surface area contributed by atoms with Crippen molar-refractivity contribution >= 4 is 27.3 Å². The van der Waals surface area contributed by atoms with E-state index >= 15 is 0 Å². The third-order valence-electron chi connectivity index (χ3n) is 7.67. The van der Waals surface area contributed by atoms with Crippen molar-refractivity contribution in [3.63, 3.8) is 0 Å². The van der Waals surface area contributed by atoms with E-state index in [1.54, 1.807) is 18.5 Å². The fourth-order valence-corrected chi connectivity index (χ4v) is 6.53. The van der Waals surface area contributed by atoms with Gasteiger partial charge in [-0.25, -0.2) is 23.4 Å². The highest BCUT2D eigenvalue weighted by Gasteiger charge is 2.37. The van der Waals surface area contributed by atoms with E-state index in [9.17, 15) is 13.5 Å². The number of nitrogens with one attached hydrogen (secondary N) is 2. The Morgan fingerprint density at radius 3 is 2.65 bits per heavy atom. The fourth-order valence-electron chi connectivity index (χ4n) is 5.05. The third-order valence-corrected chi connectivity index (χ3v) is 9.70. The first-order chi connectivity index (χ1) is 19.3. The van der Waals surface area contributed by atoms with Crippen LogP contribution in [0.5, 0.6) is 0 Å². The number of rotatable bonds is 7. The molecule has 210 valence electrons. The van der Waals surface area contributed by atoms with Gasteiger partial charge in [0.2, 0.25) is 0 Å². The molecule has 0 bridgehead atoms. The Labute approximate surface area is 233 Å². The second-order valence-corrected chi connectivity index (χ2v) is 12.8. The van der Waals surface area contributed by atoms with E-state index in [0.717, 1.165) is 54.0 Å². The van der Waals surface area contributed by atoms with Gasteiger partial charge in [-0.05, 0) is 57.9 Å². The average Bonchev–Trinajstić information content (AvgIpc) is 3.56. The van der Waals surface area contributed by atoms with Crippen molar-refractivity contribution in [2.45, 2.75) is 75.4 Å². The van der Waals surface area contributed by atoms with Crippen molar-refractivity contribution in [2.24, 2.45) is 5.92 Å². The zero-order chi connectivity index (χ0) is 27.7. The summed E-state index contributed by atoms with van der Waals surface area (Å²) in [5.41, 5.74) is 2.20. The summed E-state index contributed by atoms with van der Waals surface area (Å²) in [4.78, 5) is 13.5. The molecule has 6 rings (SSSR count). The van der Waals surface area contributed by atoms with Crippen molar-refractivity contribution < 1.29 is 18.3 Å². The number of aliphatic hydroxyl groups excluding tert-OH is 1. The summed E-state index contributed by atoms with van der Waals surface area (Å²) in [6.45, 7) is 2.78. The van der Waals surface area contributed by atoms with Crippen LogP contribution in [0.3, 0.4) is 0 Å². The lowest BCUT2D eigenvalue weighted by Crippen LogP contribution is -2.28. The Morgan fingerprint density at radius 1 is 1.07 bits per heavy atom. The van der Waals surface area contributed by atoms with E-state index in [2.05, 4.69) is 49.4 Å². The van der Waals surface area contributed by atoms with Gasteiger partial charge >= 0.3 is 0 Å². The first kappa shape index (κ1) is 26.7. The van der Waals surface area contributed by atoms with E-state index in [4.69, 9.17) is 4.74 Å². The third kappa shape index (κ3) is 5.96. The van der Waals surface area contributed by atoms with Crippen molar-refractivity contribution in [1.29, 1.82) is 0 Å². The summed E-state index contributed by atoms with van der Waals surface area (Å²) in [6, 6.07) is 3.88. The lowest BCUT2D eigenvalue weighted by atomic mass is 9.93. The van der Waals surface area contributed by atoms with Crippen LogP contribution >= 0.6 is 0 Å². The van der Waals surface area contributed by atoms with Gasteiger partial charge in [0.25, 0.3) is 10.0 Å². The van der Waals surface area contributed by atoms with Crippen LogP contribution in [-0.4, -0.2) is 67.8 Å². The largest absolute Gasteiger partial charge is 0.393 e. The number of hydrogen-bond acceptors (Lipinski definition) is 10. The zero-order valence-corrected chi connectivity index (χ0v) is 23.1. The van der Waals surface area contributed by atoms with Gasteiger partial charge in [0.1, 0.15) is 11.6 Å². The summed E-state index contributed by atoms with van der Waals surface area (Å²) in [5, 5.41) is 20.5. The Hall–Kier alpha value is -3.53. The SMILES string of the molecule is C[C@@H]1OCC[C@H]1C#Cc1cnc(Nc2ccnc(-c3cnn(S(=O)(=O)C4CC4)c3)n2)cc1NC1CCC(O)CC1. The molecule has 12 heteroatoms. The molecule has 2 atom stereocenters. The molecule has 3 aromatic rings. The quantitative estimate of drug-likeness (QED) is 0.366. The smallest absolute Gasteiger partial charge is 0.256 e. The second-order valence-electron chi connectivity index (χ2n) is 10.7. The number of nitrogens with zero attached hydrogens (tertiary/aromatic N) is 5. The van der Waals surface area contributed by atoms with Gasteiger partial charge in [0.15, 0.2) is 5.82 Å². The Morgan fingerprint density at radius 2 is 1.90 bits per heavy atom. The molecule has 3 N–H and O–H groups in total. The van der Waals surface area contributed by atoms with E-state index in [1.165, 1.54) is 12.4 Å². The minimum absolute atomic E-state index is 0.116. The zero-order valence-electron chi connectivity index (χ0n) is 22.3. The standard InChI is InChI=1S/C28H33N7O4S/c1-18-19(11-13-39-18)2-3-20-15-30-27(14-25(20)32-22-4-6-23(36)7-5-22)33-26-10-12-29-28(34-26)21-16-31-35(17-21)40(37,38)24-8-9-24/h10,12,14-19,22-24,36H,4-9,11,13H2,1H3,(H2,29,30,32,33,34)/t18-,19+,22?,23?/m0/s1. The molecular weight excluding hydrogens is 530 g/mol. The molecule has 3 aromatic heterocycles. The van der Waals surface area contributed by atoms with Gasteiger partial charge in [-0.15, -0.1) is 0 Å². The van der Waals surface area contributed by atoms with Gasteiger partial charge in [-0.2, -0.15) is 9.19 Å². The van der Waals surface area contributed by atoms with Gasteiger partial charge < -0.3 is 20.5 Å². The van der Waals surface area contributed by atoms with E-state index in [0.29, 0.717) is 35.9 Å². The number of hydrogen-bond donors (Lipinski definition) is 3. The number of pyridine rings is 1. The predicted molar refractivity (Wildman–Crippen MR) is 150 cm³/mol. The lowest BCUT2D eigenvalue weighted by molar-refractivity contribution is 0.115. The van der Waals surface area contributed by atoms with Crippen LogP contribution in [0.15, 0.2) is 36.9 Å². The highest BCUT2D eigenvalue weighted by molar-refractivity contribution is 7.90. The summed E-state index contributed by atoms with van der Waals surface area (Å²) in [6.07, 6.45) is 11.7. The molecule has 2 saturated carbocycles. The maximum atomic E-state index is 12.5. The number of aliphatic hydroxyl groups is 1. The molecule has 0 spiro atoms. The monoisotopic (exact) mass is 563 g/mol. The van der Waals surface area contributed by atoms with Crippen molar-refractivity contribution in [2.75, 3.05) is 17.2 Å². The highest BCUT2D eigenvalue weighted by Crippen LogP contribution is 2.31. The maximum absolute atomic E-state index is 12.5. The van der Waals surface area contributed by atoms with E-state index in [1.807, 2.05) is 6.07 Å². The van der Waals surface area contributed by atoms with Crippen molar-refractivity contribution in [3.8, 4) is 23.2 Å². The van der Waals surface area contributed by atoms with Crippen LogP contribution in [0.1, 0.15) is 57.4 Å². The Bertz CT molecular complexity index is 1540. The van der Waals surface area contributed by atoms with Crippen LogP contribution in [-0.2, 0) is 14.8 Å². The highest BCUT2D eigenvalue weighted by atomic mass is 32.2. The molecule has 1 saturated heterocycles. The second kappa shape index (κ2) is 11.2. The summed E-state index contributed by atoms with van der Waals surface area (Å²) >= 11 is 0. The Balaban J connectivity index is 1.23. The average molecular weight is 564 g/mol. The van der Waals surface area contributed by atoms with Crippen LogP contribution in [0.25, 0.3) is 11.4 Å². The number of anilines is 3. The summed E-state index contributed by atoms with van der Waals surface area (Å²) < 4.78 is 31.7. The lowest BCUT2D eigenvalue weighted by Gasteiger charge is -2.27. The molecule has 0 amide bonds. The molecule has 1 aliphatic heterocycles. The summed E-state index contributed by atoms with van der Waals surface area (Å²) in [7, 11) is -3.46. The van der Waals surface area contributed by atoms with Gasteiger partial charge in [-0.3, -0.25) is 0 Å². The molecule has 4 heterocycles. The molecule has 40 heavy (non-hydrogen) atoms. The number of ether oxygens (including phenoxy) is 1. The summed E-state index contributed by atoms with van der Waals surface area (Å²) in [5.74, 6) is 8.32. The molecule has 0 radical (unpaired) electrons. The van der Waals surface area contributed by atoms with Crippen LogP contribution in [0, 0.1) is 17.8 Å². The molecule has 0 unspecified atom stereocenters. The topological polar surface area (TPSA) is 144 Å². The molecule has 3 fully saturated rings. The predicted octanol–water partition coefficient (Wildman–Crippen LogP) is 3.31. The first-order valence-corrected chi connectivity index (χ1v) is 15.3. The van der Waals surface area contributed by atoms with Gasteiger partial charge in [0.05, 0.1) is 46.7 Å². The molecular formula is C28H33N7O4S. The van der Waals surface area contributed by atoms with E-state index < -0.39 is 10.0 Å². The molecule has 2 aliphatic carbocycles. The van der Waals surface area contributed by atoms with Gasteiger partial charge in [-0.1, -0.05) is 11.8 Å². The van der Waals surface area contributed by atoms with Crippen molar-refractivity contribution in [3.05, 3.63) is 42.5 Å². The van der Waals surface area contributed by atoms with Gasteiger partial charge in [0, 0.05) is 37.0 Å². The van der Waals surface area contributed by atoms with E-state index in [-0.39, 0.29) is 29.4 Å². The molecule has 3 aliphatic rings. The minimum atomic E-state index is -3.46. The van der Waals surface area contributed by atoms with Crippen molar-refractivity contribution in [1.82, 2.24) is 24.1 Å². The van der Waals surface area contributed by atoms with Crippen LogP contribution in [0.4, 0.5) is 17.3 Å². The fraction of sp³-hybridized carbons (Fsp3) is 0.500. The minimum Gasteiger partial charge on any atom is -0.393 e.